The molecule has 0 saturated carbocycles. The second-order valence-corrected chi connectivity index (χ2v) is 5.97. The molecule has 1 N–H and O–H groups in total. The van der Waals surface area contributed by atoms with Crippen molar-refractivity contribution in [2.75, 3.05) is 6.54 Å². The summed E-state index contributed by atoms with van der Waals surface area (Å²) in [6.07, 6.45) is 4.16. The van der Waals surface area contributed by atoms with Crippen molar-refractivity contribution in [3.8, 4) is 11.1 Å². The van der Waals surface area contributed by atoms with E-state index in [4.69, 9.17) is 4.42 Å². The molecule has 24 heavy (non-hydrogen) atoms. The summed E-state index contributed by atoms with van der Waals surface area (Å²) in [5.74, 6) is 0.999. The Bertz CT molecular complexity index is 831. The van der Waals surface area contributed by atoms with Gasteiger partial charge in [-0.25, -0.2) is 0 Å². The van der Waals surface area contributed by atoms with Crippen molar-refractivity contribution in [2.24, 2.45) is 0 Å². The first-order valence-electron chi connectivity index (χ1n) is 8.10. The Morgan fingerprint density at radius 1 is 1.00 bits per heavy atom. The van der Waals surface area contributed by atoms with Crippen molar-refractivity contribution in [2.45, 2.75) is 27.3 Å². The van der Waals surface area contributed by atoms with Gasteiger partial charge in [-0.1, -0.05) is 53.6 Å². The Hall–Kier alpha value is -2.03. The molecule has 2 aromatic carbocycles. The van der Waals surface area contributed by atoms with Crippen molar-refractivity contribution in [3.05, 3.63) is 71.5 Å². The minimum absolute atomic E-state index is 0. The van der Waals surface area contributed by atoms with Crippen molar-refractivity contribution in [3.63, 3.8) is 0 Å². The van der Waals surface area contributed by atoms with Crippen LogP contribution in [0.3, 0.4) is 0 Å². The van der Waals surface area contributed by atoms with Crippen molar-refractivity contribution < 1.29 is 4.42 Å². The molecule has 0 atom stereocenters. The van der Waals surface area contributed by atoms with E-state index in [1.54, 1.807) is 0 Å². The van der Waals surface area contributed by atoms with Crippen LogP contribution >= 0.6 is 12.4 Å². The molecular formula is C21H24ClNO. The van der Waals surface area contributed by atoms with Gasteiger partial charge in [0.1, 0.15) is 11.3 Å². The van der Waals surface area contributed by atoms with E-state index in [0.29, 0.717) is 0 Å². The molecule has 126 valence electrons. The fourth-order valence-electron chi connectivity index (χ4n) is 2.81. The molecule has 3 rings (SSSR count). The fourth-order valence-corrected chi connectivity index (χ4v) is 2.81. The summed E-state index contributed by atoms with van der Waals surface area (Å²) in [4.78, 5) is 0. The molecule has 3 aromatic rings. The monoisotopic (exact) mass is 341 g/mol. The summed E-state index contributed by atoms with van der Waals surface area (Å²) in [5, 5.41) is 4.61. The van der Waals surface area contributed by atoms with E-state index >= 15 is 0 Å². The predicted octanol–water partition coefficient (Wildman–Crippen LogP) is 5.80. The predicted molar refractivity (Wildman–Crippen MR) is 105 cm³/mol. The number of hydrogen-bond acceptors (Lipinski definition) is 2. The number of rotatable bonds is 5. The summed E-state index contributed by atoms with van der Waals surface area (Å²) in [6.45, 7) is 7.83. The zero-order valence-electron chi connectivity index (χ0n) is 14.4. The molecule has 0 spiro atoms. The van der Waals surface area contributed by atoms with Crippen molar-refractivity contribution in [1.29, 1.82) is 0 Å². The van der Waals surface area contributed by atoms with Gasteiger partial charge in [0.25, 0.3) is 0 Å². The lowest BCUT2D eigenvalue weighted by Gasteiger charge is -2.05. The number of furan rings is 1. The van der Waals surface area contributed by atoms with E-state index in [9.17, 15) is 0 Å². The largest absolute Gasteiger partial charge is 0.459 e. The van der Waals surface area contributed by atoms with E-state index in [1.165, 1.54) is 27.6 Å². The minimum Gasteiger partial charge on any atom is -0.459 e. The molecule has 1 heterocycles. The van der Waals surface area contributed by atoms with Crippen LogP contribution in [0.15, 0.2) is 59.0 Å². The summed E-state index contributed by atoms with van der Waals surface area (Å²) < 4.78 is 6.13. The summed E-state index contributed by atoms with van der Waals surface area (Å²) in [7, 11) is 0. The van der Waals surface area contributed by atoms with Gasteiger partial charge in [0, 0.05) is 17.5 Å². The number of halogens is 1. The van der Waals surface area contributed by atoms with Crippen LogP contribution in [0.4, 0.5) is 0 Å². The van der Waals surface area contributed by atoms with E-state index < -0.39 is 0 Å². The topological polar surface area (TPSA) is 25.2 Å². The lowest BCUT2D eigenvalue weighted by molar-refractivity contribution is 0.526. The number of fused-ring (bicyclic) bond motifs is 1. The number of nitrogens with one attached hydrogen (secondary N) is 1. The van der Waals surface area contributed by atoms with Crippen molar-refractivity contribution in [1.82, 2.24) is 5.32 Å². The van der Waals surface area contributed by atoms with Gasteiger partial charge in [0.15, 0.2) is 0 Å². The molecule has 0 radical (unpaired) electrons. The first kappa shape index (κ1) is 18.3. The Morgan fingerprint density at radius 2 is 1.71 bits per heavy atom. The molecule has 0 aliphatic carbocycles. The highest BCUT2D eigenvalue weighted by Crippen LogP contribution is 2.35. The molecule has 0 amide bonds. The van der Waals surface area contributed by atoms with Crippen LogP contribution < -0.4 is 5.32 Å². The standard InChI is InChI=1S/C21H23NO.ClH/c1-4-5-12-22-14-20-21(17-9-6-15(2)7-10-17)18-13-16(3)8-11-19(18)23-20;/h4-11,13,22H,12,14H2,1-3H3;1H/b5-4+;. The van der Waals surface area contributed by atoms with Gasteiger partial charge in [-0.05, 0) is 38.5 Å². The van der Waals surface area contributed by atoms with Crippen LogP contribution in [0.1, 0.15) is 23.8 Å². The summed E-state index contributed by atoms with van der Waals surface area (Å²) >= 11 is 0. The van der Waals surface area contributed by atoms with Crippen LogP contribution in [0.25, 0.3) is 22.1 Å². The van der Waals surface area contributed by atoms with E-state index in [0.717, 1.165) is 24.4 Å². The van der Waals surface area contributed by atoms with Gasteiger partial charge in [-0.2, -0.15) is 0 Å². The molecule has 2 nitrogen and oxygen atoms in total. The highest BCUT2D eigenvalue weighted by molar-refractivity contribution is 5.96. The first-order valence-corrected chi connectivity index (χ1v) is 8.10. The highest BCUT2D eigenvalue weighted by atomic mass is 35.5. The third-order valence-electron chi connectivity index (χ3n) is 4.04. The maximum atomic E-state index is 6.13. The SMILES string of the molecule is C/C=C/CNCc1oc2ccc(C)cc2c1-c1ccc(C)cc1.Cl. The molecule has 1 aromatic heterocycles. The van der Waals surface area contributed by atoms with Gasteiger partial charge in [0.2, 0.25) is 0 Å². The molecule has 3 heteroatoms. The molecular weight excluding hydrogens is 318 g/mol. The lowest BCUT2D eigenvalue weighted by atomic mass is 10.00. The van der Waals surface area contributed by atoms with Crippen LogP contribution in [0.5, 0.6) is 0 Å². The van der Waals surface area contributed by atoms with Gasteiger partial charge in [-0.15, -0.1) is 12.4 Å². The Morgan fingerprint density at radius 3 is 2.42 bits per heavy atom. The number of benzene rings is 2. The van der Waals surface area contributed by atoms with Crippen LogP contribution in [-0.4, -0.2) is 6.54 Å². The van der Waals surface area contributed by atoms with Gasteiger partial charge >= 0.3 is 0 Å². The molecule has 0 saturated heterocycles. The smallest absolute Gasteiger partial charge is 0.135 e. The minimum atomic E-state index is 0. The lowest BCUT2D eigenvalue weighted by Crippen LogP contribution is -2.12. The van der Waals surface area contributed by atoms with E-state index in [2.05, 4.69) is 73.8 Å². The molecule has 0 unspecified atom stereocenters. The van der Waals surface area contributed by atoms with Crippen LogP contribution in [-0.2, 0) is 6.54 Å². The Kier molecular flexibility index (Phi) is 6.24. The number of aryl methyl sites for hydroxylation is 2. The van der Waals surface area contributed by atoms with Crippen LogP contribution in [0, 0.1) is 13.8 Å². The zero-order valence-corrected chi connectivity index (χ0v) is 15.2. The van der Waals surface area contributed by atoms with Crippen molar-refractivity contribution >= 4 is 23.4 Å². The molecule has 0 aliphatic rings. The van der Waals surface area contributed by atoms with Gasteiger partial charge < -0.3 is 9.73 Å². The van der Waals surface area contributed by atoms with Crippen LogP contribution in [0.2, 0.25) is 0 Å². The third-order valence-corrected chi connectivity index (χ3v) is 4.04. The third kappa shape index (κ3) is 3.89. The zero-order chi connectivity index (χ0) is 16.2. The fraction of sp³-hybridized carbons (Fsp3) is 0.238. The second-order valence-electron chi connectivity index (χ2n) is 5.97. The van der Waals surface area contributed by atoms with Gasteiger partial charge in [0.05, 0.1) is 6.54 Å². The highest BCUT2D eigenvalue weighted by Gasteiger charge is 2.15. The quantitative estimate of drug-likeness (QED) is 0.468. The number of hydrogen-bond donors (Lipinski definition) is 1. The Labute approximate surface area is 150 Å². The second kappa shape index (κ2) is 8.18. The summed E-state index contributed by atoms with van der Waals surface area (Å²) in [6, 6.07) is 15.0. The number of allylic oxidation sites excluding steroid dienone is 1. The van der Waals surface area contributed by atoms with Gasteiger partial charge in [-0.3, -0.25) is 0 Å². The normalized spacial score (nSPS) is 11.1. The molecule has 0 aliphatic heterocycles. The maximum absolute atomic E-state index is 6.13. The average Bonchev–Trinajstić information content (AvgIpc) is 2.90. The first-order chi connectivity index (χ1) is 11.2. The van der Waals surface area contributed by atoms with E-state index in [1.807, 2.05) is 6.92 Å². The Balaban J connectivity index is 0.00000208. The van der Waals surface area contributed by atoms with E-state index in [-0.39, 0.29) is 12.4 Å². The average molecular weight is 342 g/mol. The molecule has 0 fully saturated rings. The molecule has 0 bridgehead atoms. The summed E-state index contributed by atoms with van der Waals surface area (Å²) in [5.41, 5.74) is 5.89. The maximum Gasteiger partial charge on any atom is 0.135 e.